The molecule has 0 aliphatic carbocycles. The van der Waals surface area contributed by atoms with Crippen molar-refractivity contribution in [2.24, 2.45) is 5.16 Å². The van der Waals surface area contributed by atoms with Crippen LogP contribution in [0.1, 0.15) is 29.2 Å². The molecule has 2 aromatic rings. The first kappa shape index (κ1) is 13.8. The van der Waals surface area contributed by atoms with E-state index in [9.17, 15) is 0 Å². The maximum Gasteiger partial charge on any atom is 0.142 e. The van der Waals surface area contributed by atoms with Crippen molar-refractivity contribution in [3.63, 3.8) is 0 Å². The number of nitrogens with zero attached hydrogens (tertiary/aromatic N) is 2. The summed E-state index contributed by atoms with van der Waals surface area (Å²) in [5.74, 6) is 0. The average Bonchev–Trinajstić information content (AvgIpc) is 2.52. The van der Waals surface area contributed by atoms with Gasteiger partial charge in [0.05, 0.1) is 11.6 Å². The lowest BCUT2D eigenvalue weighted by Gasteiger charge is -2.01. The Morgan fingerprint density at radius 2 is 1.85 bits per heavy atom. The fraction of sp³-hybridized carbons (Fsp3) is 0.176. The number of nitriles is 1. The monoisotopic (exact) mass is 263 g/mol. The van der Waals surface area contributed by atoms with Gasteiger partial charge in [0.2, 0.25) is 0 Å². The molecule has 0 spiro atoms. The average molecular weight is 263 g/mol. The van der Waals surface area contributed by atoms with Gasteiger partial charge in [-0.2, -0.15) is 5.26 Å². The summed E-state index contributed by atoms with van der Waals surface area (Å²) in [7, 11) is 0. The third-order valence-electron chi connectivity index (χ3n) is 2.94. The molecule has 2 aromatic carbocycles. The first-order valence-corrected chi connectivity index (χ1v) is 6.48. The lowest BCUT2D eigenvalue weighted by Crippen LogP contribution is -1.92. The summed E-state index contributed by atoms with van der Waals surface area (Å²) < 4.78 is 0. The van der Waals surface area contributed by atoms with Crippen molar-refractivity contribution in [2.45, 2.75) is 20.0 Å². The number of aryl methyl sites for hydroxylation is 1. The molecule has 20 heavy (non-hydrogen) atoms. The molecule has 0 aliphatic heterocycles. The van der Waals surface area contributed by atoms with Crippen LogP contribution in [0.15, 0.2) is 53.7 Å². The largest absolute Gasteiger partial charge is 0.390 e. The van der Waals surface area contributed by atoms with Crippen LogP contribution in [0.4, 0.5) is 0 Å². The molecular weight excluding hydrogens is 248 g/mol. The van der Waals surface area contributed by atoms with Crippen molar-refractivity contribution in [3.8, 4) is 6.07 Å². The molecule has 0 bridgehead atoms. The van der Waals surface area contributed by atoms with E-state index in [2.05, 4.69) is 30.4 Å². The molecule has 0 atom stereocenters. The fourth-order valence-electron chi connectivity index (χ4n) is 1.80. The molecule has 2 rings (SSSR count). The highest BCUT2D eigenvalue weighted by Crippen LogP contribution is 2.08. The minimum Gasteiger partial charge on any atom is -0.390 e. The van der Waals surface area contributed by atoms with Gasteiger partial charge in [-0.05, 0) is 29.7 Å². The smallest absolute Gasteiger partial charge is 0.142 e. The molecule has 0 amide bonds. The van der Waals surface area contributed by atoms with Crippen LogP contribution in [-0.2, 0) is 17.9 Å². The van der Waals surface area contributed by atoms with Crippen molar-refractivity contribution < 1.29 is 4.84 Å². The van der Waals surface area contributed by atoms with Gasteiger partial charge in [-0.15, -0.1) is 0 Å². The van der Waals surface area contributed by atoms with Gasteiger partial charge in [-0.3, -0.25) is 0 Å². The summed E-state index contributed by atoms with van der Waals surface area (Å²) in [5.41, 5.74) is 3.76. The molecule has 0 saturated carbocycles. The highest BCUT2D eigenvalue weighted by molar-refractivity contribution is 5.81. The Morgan fingerprint density at radius 3 is 2.55 bits per heavy atom. The summed E-state index contributed by atoms with van der Waals surface area (Å²) in [6, 6.07) is 17.3. The van der Waals surface area contributed by atoms with E-state index in [-0.39, 0.29) is 0 Å². The zero-order valence-corrected chi connectivity index (χ0v) is 11.3. The minimum atomic E-state index is 0.368. The van der Waals surface area contributed by atoms with Gasteiger partial charge < -0.3 is 4.84 Å². The van der Waals surface area contributed by atoms with Crippen LogP contribution >= 0.6 is 0 Å². The Morgan fingerprint density at radius 1 is 1.10 bits per heavy atom. The van der Waals surface area contributed by atoms with Crippen LogP contribution in [0, 0.1) is 11.3 Å². The number of benzene rings is 2. The molecular formula is C17H15N2O. The summed E-state index contributed by atoms with van der Waals surface area (Å²) in [4.78, 5) is 5.23. The van der Waals surface area contributed by atoms with E-state index >= 15 is 0 Å². The van der Waals surface area contributed by atoms with Crippen LogP contribution in [0.3, 0.4) is 0 Å². The second-order valence-corrected chi connectivity index (χ2v) is 4.30. The second kappa shape index (κ2) is 7.10. The SMILES string of the molecule is CCc1ccccc1/[C]=N\OCc1ccc(C#N)cc1. The zero-order chi connectivity index (χ0) is 14.2. The van der Waals surface area contributed by atoms with Crippen LogP contribution in [0.2, 0.25) is 0 Å². The lowest BCUT2D eigenvalue weighted by atomic mass is 10.1. The third kappa shape index (κ3) is 3.69. The summed E-state index contributed by atoms with van der Waals surface area (Å²) in [5, 5.41) is 12.6. The van der Waals surface area contributed by atoms with Crippen molar-refractivity contribution in [3.05, 3.63) is 70.8 Å². The van der Waals surface area contributed by atoms with E-state index < -0.39 is 0 Å². The van der Waals surface area contributed by atoms with Gasteiger partial charge in [0, 0.05) is 5.56 Å². The molecule has 3 nitrogen and oxygen atoms in total. The van der Waals surface area contributed by atoms with E-state index in [0.717, 1.165) is 17.5 Å². The maximum absolute atomic E-state index is 8.71. The van der Waals surface area contributed by atoms with Crippen molar-refractivity contribution in [1.29, 1.82) is 5.26 Å². The highest BCUT2D eigenvalue weighted by Gasteiger charge is 1.97. The summed E-state index contributed by atoms with van der Waals surface area (Å²) in [6.07, 6.45) is 3.85. The number of rotatable bonds is 5. The Labute approximate surface area is 119 Å². The van der Waals surface area contributed by atoms with Crippen LogP contribution < -0.4 is 0 Å². The zero-order valence-electron chi connectivity index (χ0n) is 11.3. The van der Waals surface area contributed by atoms with Crippen molar-refractivity contribution in [2.75, 3.05) is 0 Å². The van der Waals surface area contributed by atoms with Gasteiger partial charge in [-0.1, -0.05) is 48.5 Å². The van der Waals surface area contributed by atoms with E-state index in [0.29, 0.717) is 12.2 Å². The van der Waals surface area contributed by atoms with Crippen molar-refractivity contribution >= 4 is 6.21 Å². The molecule has 0 saturated heterocycles. The normalized spacial score (nSPS) is 10.4. The Kier molecular flexibility index (Phi) is 4.91. The van der Waals surface area contributed by atoms with Gasteiger partial charge in [0.1, 0.15) is 12.8 Å². The van der Waals surface area contributed by atoms with Gasteiger partial charge in [0.15, 0.2) is 0 Å². The molecule has 1 radical (unpaired) electrons. The predicted octanol–water partition coefficient (Wildman–Crippen LogP) is 3.55. The minimum absolute atomic E-state index is 0.368. The molecule has 0 N–H and O–H groups in total. The topological polar surface area (TPSA) is 45.4 Å². The second-order valence-electron chi connectivity index (χ2n) is 4.30. The van der Waals surface area contributed by atoms with E-state index in [1.165, 1.54) is 5.56 Å². The standard InChI is InChI=1S/C17H15N2O/c1-2-16-5-3-4-6-17(16)12-19-20-13-15-9-7-14(11-18)8-10-15/h3-10H,2,13H2,1H3. The maximum atomic E-state index is 8.71. The highest BCUT2D eigenvalue weighted by atomic mass is 16.6. The molecule has 0 aromatic heterocycles. The number of hydrogen-bond acceptors (Lipinski definition) is 3. The van der Waals surface area contributed by atoms with Crippen LogP contribution in [0.5, 0.6) is 0 Å². The van der Waals surface area contributed by atoms with Crippen LogP contribution in [0.25, 0.3) is 0 Å². The van der Waals surface area contributed by atoms with Crippen molar-refractivity contribution in [1.82, 2.24) is 0 Å². The third-order valence-corrected chi connectivity index (χ3v) is 2.94. The van der Waals surface area contributed by atoms with Gasteiger partial charge >= 0.3 is 0 Å². The molecule has 0 aliphatic rings. The Bertz CT molecular complexity index is 624. The van der Waals surface area contributed by atoms with Gasteiger partial charge in [0.25, 0.3) is 0 Å². The molecule has 3 heteroatoms. The van der Waals surface area contributed by atoms with Gasteiger partial charge in [-0.25, -0.2) is 0 Å². The van der Waals surface area contributed by atoms with Crippen LogP contribution in [-0.4, -0.2) is 6.21 Å². The van der Waals surface area contributed by atoms with E-state index in [1.807, 2.05) is 30.3 Å². The molecule has 0 unspecified atom stereocenters. The molecule has 0 fully saturated rings. The Hall–Kier alpha value is -2.60. The lowest BCUT2D eigenvalue weighted by molar-refractivity contribution is 0.132. The van der Waals surface area contributed by atoms with E-state index in [4.69, 9.17) is 10.1 Å². The predicted molar refractivity (Wildman–Crippen MR) is 78.3 cm³/mol. The first-order valence-electron chi connectivity index (χ1n) is 6.48. The molecule has 0 heterocycles. The first-order chi connectivity index (χ1) is 9.83. The quantitative estimate of drug-likeness (QED) is 0.611. The Balaban J connectivity index is 1.92. The molecule has 99 valence electrons. The van der Waals surface area contributed by atoms with E-state index in [1.54, 1.807) is 12.1 Å². The summed E-state index contributed by atoms with van der Waals surface area (Å²) in [6.45, 7) is 2.46. The summed E-state index contributed by atoms with van der Waals surface area (Å²) >= 11 is 0. The fourth-order valence-corrected chi connectivity index (χ4v) is 1.80. The number of hydrogen-bond donors (Lipinski definition) is 0.